The van der Waals surface area contributed by atoms with Crippen LogP contribution in [0.15, 0.2) is 36.4 Å². The van der Waals surface area contributed by atoms with E-state index in [1.54, 1.807) is 31.2 Å². The van der Waals surface area contributed by atoms with Gasteiger partial charge in [0.2, 0.25) is 5.91 Å². The van der Waals surface area contributed by atoms with Crippen molar-refractivity contribution in [1.82, 2.24) is 0 Å². The van der Waals surface area contributed by atoms with Gasteiger partial charge in [-0.2, -0.15) is 0 Å². The summed E-state index contributed by atoms with van der Waals surface area (Å²) >= 11 is 5.70. The smallest absolute Gasteiger partial charge is 0.330 e. The third-order valence-corrected chi connectivity index (χ3v) is 2.02. The zero-order valence-electron chi connectivity index (χ0n) is 9.27. The molecule has 1 amide bonds. The molecule has 5 heteroatoms. The van der Waals surface area contributed by atoms with Crippen molar-refractivity contribution in [3.8, 4) is 0 Å². The first-order valence-electron chi connectivity index (χ1n) is 5.03. The van der Waals surface area contributed by atoms with Gasteiger partial charge in [0.1, 0.15) is 0 Å². The van der Waals surface area contributed by atoms with Gasteiger partial charge >= 0.3 is 5.97 Å². The summed E-state index contributed by atoms with van der Waals surface area (Å²) in [5.74, 6) is -0.945. The van der Waals surface area contributed by atoms with Crippen molar-refractivity contribution in [3.63, 3.8) is 0 Å². The Morgan fingerprint density at radius 3 is 2.53 bits per heavy atom. The molecule has 0 aliphatic rings. The topological polar surface area (TPSA) is 55.4 Å². The molecule has 0 heterocycles. The van der Waals surface area contributed by atoms with Gasteiger partial charge in [-0.25, -0.2) is 4.79 Å². The van der Waals surface area contributed by atoms with Crippen molar-refractivity contribution >= 4 is 29.2 Å². The number of halogens is 1. The summed E-state index contributed by atoms with van der Waals surface area (Å²) in [6.45, 7) is 1.97. The summed E-state index contributed by atoms with van der Waals surface area (Å²) in [5.41, 5.74) is 0.605. The van der Waals surface area contributed by atoms with Gasteiger partial charge in [0.05, 0.1) is 6.61 Å². The molecule has 0 aromatic heterocycles. The molecule has 0 fully saturated rings. The highest BCUT2D eigenvalue weighted by molar-refractivity contribution is 6.30. The monoisotopic (exact) mass is 253 g/mol. The molecule has 0 bridgehead atoms. The quantitative estimate of drug-likeness (QED) is 0.662. The van der Waals surface area contributed by atoms with E-state index >= 15 is 0 Å². The van der Waals surface area contributed by atoms with E-state index in [0.717, 1.165) is 12.2 Å². The lowest BCUT2D eigenvalue weighted by Crippen LogP contribution is -2.09. The molecule has 4 nitrogen and oxygen atoms in total. The Kier molecular flexibility index (Phi) is 5.23. The fraction of sp³-hybridized carbons (Fsp3) is 0.167. The summed E-state index contributed by atoms with van der Waals surface area (Å²) in [6.07, 6.45) is 2.20. The van der Waals surface area contributed by atoms with E-state index in [4.69, 9.17) is 11.6 Å². The van der Waals surface area contributed by atoms with Crippen molar-refractivity contribution in [3.05, 3.63) is 41.4 Å². The second kappa shape index (κ2) is 6.70. The highest BCUT2D eigenvalue weighted by atomic mass is 35.5. The van der Waals surface area contributed by atoms with Crippen molar-refractivity contribution in [2.75, 3.05) is 11.9 Å². The van der Waals surface area contributed by atoms with Gasteiger partial charge in [0.25, 0.3) is 0 Å². The summed E-state index contributed by atoms with van der Waals surface area (Å²) in [6, 6.07) is 6.65. The van der Waals surface area contributed by atoms with Crippen molar-refractivity contribution < 1.29 is 14.3 Å². The van der Waals surface area contributed by atoms with Gasteiger partial charge in [-0.05, 0) is 31.2 Å². The highest BCUT2D eigenvalue weighted by Gasteiger charge is 1.99. The highest BCUT2D eigenvalue weighted by Crippen LogP contribution is 2.13. The fourth-order valence-corrected chi connectivity index (χ4v) is 1.18. The molecule has 90 valence electrons. The molecule has 0 radical (unpaired) electrons. The second-order valence-corrected chi connectivity index (χ2v) is 3.52. The Morgan fingerprint density at radius 1 is 1.29 bits per heavy atom. The lowest BCUT2D eigenvalue weighted by atomic mass is 10.3. The van der Waals surface area contributed by atoms with E-state index in [-0.39, 0.29) is 6.61 Å². The van der Waals surface area contributed by atoms with E-state index in [0.29, 0.717) is 10.7 Å². The third-order valence-electron chi connectivity index (χ3n) is 1.77. The number of carbonyl (C=O) groups excluding carboxylic acids is 2. The molecule has 1 aromatic carbocycles. The van der Waals surface area contributed by atoms with E-state index < -0.39 is 11.9 Å². The Hall–Kier alpha value is -1.81. The van der Waals surface area contributed by atoms with Gasteiger partial charge in [0.15, 0.2) is 0 Å². The number of carbonyl (C=O) groups is 2. The average Bonchev–Trinajstić information content (AvgIpc) is 2.30. The minimum Gasteiger partial charge on any atom is -0.463 e. The van der Waals surface area contributed by atoms with Crippen LogP contribution in [0.2, 0.25) is 5.02 Å². The van der Waals surface area contributed by atoms with Crippen LogP contribution in [0.25, 0.3) is 0 Å². The number of hydrogen-bond donors (Lipinski definition) is 1. The Balaban J connectivity index is 2.49. The second-order valence-electron chi connectivity index (χ2n) is 3.08. The predicted molar refractivity (Wildman–Crippen MR) is 65.9 cm³/mol. The van der Waals surface area contributed by atoms with Crippen LogP contribution in [0.3, 0.4) is 0 Å². The number of benzene rings is 1. The first-order valence-corrected chi connectivity index (χ1v) is 5.41. The molecule has 17 heavy (non-hydrogen) atoms. The van der Waals surface area contributed by atoms with Gasteiger partial charge in [-0.15, -0.1) is 0 Å². The number of ether oxygens (including phenoxy) is 1. The Morgan fingerprint density at radius 2 is 1.94 bits per heavy atom. The van der Waals surface area contributed by atoms with E-state index in [1.807, 2.05) is 0 Å². The number of esters is 1. The molecular formula is C12H12ClNO3. The van der Waals surface area contributed by atoms with Crippen LogP contribution in [-0.4, -0.2) is 18.5 Å². The average molecular weight is 254 g/mol. The normalized spacial score (nSPS) is 10.2. The Bertz CT molecular complexity index is 426. The van der Waals surface area contributed by atoms with Gasteiger partial charge in [-0.3, -0.25) is 4.79 Å². The minimum absolute atomic E-state index is 0.280. The number of anilines is 1. The maximum Gasteiger partial charge on any atom is 0.330 e. The minimum atomic E-state index is -0.543. The van der Waals surface area contributed by atoms with Crippen molar-refractivity contribution in [2.45, 2.75) is 6.92 Å². The lowest BCUT2D eigenvalue weighted by Gasteiger charge is -2.01. The van der Waals surface area contributed by atoms with Crippen molar-refractivity contribution in [1.29, 1.82) is 0 Å². The third kappa shape index (κ3) is 5.17. The number of rotatable bonds is 4. The molecule has 0 unspecified atom stereocenters. The van der Waals surface area contributed by atoms with Gasteiger partial charge in [0, 0.05) is 22.9 Å². The van der Waals surface area contributed by atoms with Crippen LogP contribution < -0.4 is 5.32 Å². The summed E-state index contributed by atoms with van der Waals surface area (Å²) in [5, 5.41) is 3.16. The van der Waals surface area contributed by atoms with Crippen LogP contribution in [0, 0.1) is 0 Å². The molecule has 1 rings (SSSR count). The molecule has 1 aromatic rings. The SMILES string of the molecule is CCOC(=O)/C=C\C(=O)Nc1ccc(Cl)cc1. The predicted octanol–water partition coefficient (Wildman–Crippen LogP) is 2.40. The summed E-state index contributed by atoms with van der Waals surface area (Å²) in [7, 11) is 0. The number of amides is 1. The van der Waals surface area contributed by atoms with E-state index in [9.17, 15) is 9.59 Å². The molecular weight excluding hydrogens is 242 g/mol. The standard InChI is InChI=1S/C12H12ClNO3/c1-2-17-12(16)8-7-11(15)14-10-5-3-9(13)4-6-10/h3-8H,2H2,1H3,(H,14,15)/b8-7-. The lowest BCUT2D eigenvalue weighted by molar-refractivity contribution is -0.137. The first-order chi connectivity index (χ1) is 8.11. The fourth-order valence-electron chi connectivity index (χ4n) is 1.05. The molecule has 0 saturated carbocycles. The molecule has 0 atom stereocenters. The maximum atomic E-state index is 11.4. The van der Waals surface area contributed by atoms with Crippen LogP contribution in [-0.2, 0) is 14.3 Å². The van der Waals surface area contributed by atoms with E-state index in [1.165, 1.54) is 0 Å². The molecule has 0 aliphatic heterocycles. The van der Waals surface area contributed by atoms with Crippen LogP contribution in [0.1, 0.15) is 6.92 Å². The van der Waals surface area contributed by atoms with Crippen LogP contribution >= 0.6 is 11.6 Å². The molecule has 0 aliphatic carbocycles. The van der Waals surface area contributed by atoms with Crippen LogP contribution in [0.4, 0.5) is 5.69 Å². The summed E-state index contributed by atoms with van der Waals surface area (Å²) in [4.78, 5) is 22.3. The molecule has 0 spiro atoms. The number of hydrogen-bond acceptors (Lipinski definition) is 3. The maximum absolute atomic E-state index is 11.4. The zero-order chi connectivity index (χ0) is 12.7. The first kappa shape index (κ1) is 13.3. The summed E-state index contributed by atoms with van der Waals surface area (Å²) < 4.78 is 4.64. The van der Waals surface area contributed by atoms with Gasteiger partial charge < -0.3 is 10.1 Å². The van der Waals surface area contributed by atoms with Gasteiger partial charge in [-0.1, -0.05) is 11.6 Å². The van der Waals surface area contributed by atoms with Crippen molar-refractivity contribution in [2.24, 2.45) is 0 Å². The zero-order valence-corrected chi connectivity index (χ0v) is 10.0. The van der Waals surface area contributed by atoms with E-state index in [2.05, 4.69) is 10.1 Å². The molecule has 1 N–H and O–H groups in total. The molecule has 0 saturated heterocycles. The largest absolute Gasteiger partial charge is 0.463 e. The number of nitrogens with one attached hydrogen (secondary N) is 1. The van der Waals surface area contributed by atoms with Crippen LogP contribution in [0.5, 0.6) is 0 Å². The Labute approximate surface area is 104 Å².